The fraction of sp³-hybridized carbons (Fsp3) is 0.509. The highest BCUT2D eigenvalue weighted by Gasteiger charge is 2.22. The molecule has 6 aromatic rings. The molecule has 0 aliphatic heterocycles. The highest BCUT2D eigenvalue weighted by Crippen LogP contribution is 2.38. The second-order valence-corrected chi connectivity index (χ2v) is 21.1. The van der Waals surface area contributed by atoms with Gasteiger partial charge in [0.25, 0.3) is 0 Å². The Labute approximate surface area is 343 Å². The first-order chi connectivity index (χ1) is 26.6. The number of carbonyl (C=O) groups is 2. The zero-order chi connectivity index (χ0) is 41.5. The van der Waals surface area contributed by atoms with E-state index in [1.807, 2.05) is 0 Å². The van der Waals surface area contributed by atoms with Crippen molar-refractivity contribution < 1.29 is 9.59 Å². The van der Waals surface area contributed by atoms with Crippen LogP contribution in [0, 0.1) is 0 Å². The van der Waals surface area contributed by atoms with Gasteiger partial charge in [0.1, 0.15) is 11.6 Å². The van der Waals surface area contributed by atoms with Crippen LogP contribution in [0.1, 0.15) is 163 Å². The van der Waals surface area contributed by atoms with E-state index in [1.165, 1.54) is 65.9 Å². The summed E-state index contributed by atoms with van der Waals surface area (Å²) < 4.78 is 4.95. The molecule has 4 heteroatoms. The van der Waals surface area contributed by atoms with E-state index in [4.69, 9.17) is 0 Å². The minimum atomic E-state index is 0.0815. The Morgan fingerprint density at radius 3 is 0.895 bits per heavy atom. The summed E-state index contributed by atoms with van der Waals surface area (Å²) >= 11 is 0. The number of carbonyl (C=O) groups excluding carboxylic acids is 2. The summed E-state index contributed by atoms with van der Waals surface area (Å²) in [7, 11) is 0. The number of hydrogen-bond donors (Lipinski definition) is 0. The fourth-order valence-corrected chi connectivity index (χ4v) is 8.49. The minimum Gasteiger partial charge on any atom is -0.340 e. The number of rotatable bonds is 14. The molecule has 0 saturated heterocycles. The summed E-state index contributed by atoms with van der Waals surface area (Å²) in [4.78, 5) is 25.7. The summed E-state index contributed by atoms with van der Waals surface area (Å²) in [5, 5.41) is 5.31. The molecule has 0 bridgehead atoms. The Morgan fingerprint density at radius 2 is 0.649 bits per heavy atom. The first-order valence-electron chi connectivity index (χ1n) is 21.8. The molecule has 0 radical (unpaired) electrons. The van der Waals surface area contributed by atoms with Gasteiger partial charge < -0.3 is 9.13 Å². The van der Waals surface area contributed by atoms with E-state index >= 15 is 0 Å². The third-order valence-corrected chi connectivity index (χ3v) is 12.3. The van der Waals surface area contributed by atoms with Crippen molar-refractivity contribution in [1.29, 1.82) is 0 Å². The monoisotopic (exact) mass is 767 g/mol. The predicted molar refractivity (Wildman–Crippen MR) is 245 cm³/mol. The van der Waals surface area contributed by atoms with E-state index in [9.17, 15) is 9.59 Å². The van der Waals surface area contributed by atoms with Gasteiger partial charge in [-0.05, 0) is 118 Å². The average molecular weight is 767 g/mol. The third-order valence-electron chi connectivity index (χ3n) is 12.3. The zero-order valence-electron chi connectivity index (χ0n) is 37.4. The number of fused-ring (bicyclic) bond motifs is 6. The number of benzene rings is 4. The standard InChI is InChI=1S/C53H70N2O2/c1-50(2,3)36-21-25-46-42(31-36)43-32-37(51(4,5)6)22-26-47(43)54(46)29-17-13-15-19-40(56)35-41(57)20-16-14-18-30-55-48-27-23-38(52(7,8)9)33-44(48)45-34-39(53(10,11)12)24-28-49(45)55/h21-28,31-34H,13-20,29-30,35H2,1-12H3. The molecule has 0 atom stereocenters. The Hall–Kier alpha value is -4.18. The van der Waals surface area contributed by atoms with E-state index in [0.29, 0.717) is 12.8 Å². The summed E-state index contributed by atoms with van der Waals surface area (Å²) in [5.41, 5.74) is 10.9. The van der Waals surface area contributed by atoms with Crippen LogP contribution < -0.4 is 0 Å². The van der Waals surface area contributed by atoms with E-state index < -0.39 is 0 Å². The molecule has 2 heterocycles. The lowest BCUT2D eigenvalue weighted by atomic mass is 9.85. The largest absolute Gasteiger partial charge is 0.340 e. The Bertz CT molecular complexity index is 2090. The molecule has 0 saturated carbocycles. The molecule has 2 aromatic heterocycles. The van der Waals surface area contributed by atoms with Gasteiger partial charge in [0.2, 0.25) is 0 Å². The molecule has 0 amide bonds. The number of hydrogen-bond acceptors (Lipinski definition) is 2. The lowest BCUT2D eigenvalue weighted by molar-refractivity contribution is -0.127. The molecule has 4 nitrogen and oxygen atoms in total. The van der Waals surface area contributed by atoms with Crippen LogP contribution in [-0.2, 0) is 44.3 Å². The van der Waals surface area contributed by atoms with Crippen LogP contribution in [0.15, 0.2) is 72.8 Å². The molecule has 0 fully saturated rings. The van der Waals surface area contributed by atoms with Crippen LogP contribution in [0.3, 0.4) is 0 Å². The highest BCUT2D eigenvalue weighted by molar-refractivity contribution is 6.09. The predicted octanol–water partition coefficient (Wildman–Crippen LogP) is 14.4. The highest BCUT2D eigenvalue weighted by atomic mass is 16.1. The van der Waals surface area contributed by atoms with Gasteiger partial charge in [-0.3, -0.25) is 9.59 Å². The van der Waals surface area contributed by atoms with Gasteiger partial charge in [-0.1, -0.05) is 120 Å². The average Bonchev–Trinajstić information content (AvgIpc) is 3.60. The summed E-state index contributed by atoms with van der Waals surface area (Å²) in [5.74, 6) is 0.187. The molecule has 304 valence electrons. The van der Waals surface area contributed by atoms with Crippen LogP contribution in [0.5, 0.6) is 0 Å². The first kappa shape index (κ1) is 42.4. The van der Waals surface area contributed by atoms with Crippen LogP contribution in [0.2, 0.25) is 0 Å². The minimum absolute atomic E-state index is 0.0815. The van der Waals surface area contributed by atoms with Crippen LogP contribution in [0.25, 0.3) is 43.6 Å². The number of unbranched alkanes of at least 4 members (excludes halogenated alkanes) is 4. The van der Waals surface area contributed by atoms with E-state index in [-0.39, 0.29) is 39.6 Å². The Kier molecular flexibility index (Phi) is 12.1. The number of aryl methyl sites for hydroxylation is 2. The first-order valence-corrected chi connectivity index (χ1v) is 21.8. The van der Waals surface area contributed by atoms with Gasteiger partial charge in [0.05, 0.1) is 6.42 Å². The summed E-state index contributed by atoms with van der Waals surface area (Å²) in [6.07, 6.45) is 6.68. The van der Waals surface area contributed by atoms with Gasteiger partial charge in [0, 0.05) is 69.5 Å². The Morgan fingerprint density at radius 1 is 0.386 bits per heavy atom. The molecule has 0 aliphatic carbocycles. The lowest BCUT2D eigenvalue weighted by Gasteiger charge is -2.19. The quantitative estimate of drug-likeness (QED) is 0.0818. The van der Waals surface area contributed by atoms with E-state index in [0.717, 1.165) is 51.6 Å². The maximum Gasteiger partial charge on any atom is 0.140 e. The van der Waals surface area contributed by atoms with Crippen molar-refractivity contribution in [2.24, 2.45) is 0 Å². The van der Waals surface area contributed by atoms with Gasteiger partial charge in [-0.15, -0.1) is 0 Å². The molecule has 6 rings (SSSR count). The van der Waals surface area contributed by atoms with Gasteiger partial charge in [-0.25, -0.2) is 0 Å². The van der Waals surface area contributed by atoms with Gasteiger partial charge in [0.15, 0.2) is 0 Å². The second kappa shape index (κ2) is 16.2. The molecule has 4 aromatic carbocycles. The molecule has 0 aliphatic rings. The van der Waals surface area contributed by atoms with Crippen molar-refractivity contribution in [3.8, 4) is 0 Å². The normalized spacial score (nSPS) is 13.1. The van der Waals surface area contributed by atoms with Crippen molar-refractivity contribution in [2.75, 3.05) is 0 Å². The van der Waals surface area contributed by atoms with E-state index in [1.54, 1.807) is 0 Å². The number of Topliss-reactive ketones (excluding diaryl/α,β-unsaturated/α-hetero) is 2. The third kappa shape index (κ3) is 9.59. The molecule has 0 unspecified atom stereocenters. The van der Waals surface area contributed by atoms with Crippen molar-refractivity contribution in [1.82, 2.24) is 9.13 Å². The zero-order valence-corrected chi connectivity index (χ0v) is 37.4. The van der Waals surface area contributed by atoms with Crippen LogP contribution in [-0.4, -0.2) is 20.7 Å². The van der Waals surface area contributed by atoms with Crippen LogP contribution >= 0.6 is 0 Å². The second-order valence-electron chi connectivity index (χ2n) is 21.1. The summed E-state index contributed by atoms with van der Waals surface area (Å²) in [6.45, 7) is 29.2. The fourth-order valence-electron chi connectivity index (χ4n) is 8.49. The Balaban J connectivity index is 0.989. The van der Waals surface area contributed by atoms with Crippen molar-refractivity contribution in [2.45, 2.75) is 176 Å². The van der Waals surface area contributed by atoms with E-state index in [2.05, 4.69) is 165 Å². The molecule has 57 heavy (non-hydrogen) atoms. The molecule has 0 N–H and O–H groups in total. The topological polar surface area (TPSA) is 44.0 Å². The lowest BCUT2D eigenvalue weighted by Crippen LogP contribution is -2.10. The van der Waals surface area contributed by atoms with Gasteiger partial charge in [-0.2, -0.15) is 0 Å². The number of nitrogens with zero attached hydrogens (tertiary/aromatic N) is 2. The molecular weight excluding hydrogens is 697 g/mol. The van der Waals surface area contributed by atoms with Crippen LogP contribution in [0.4, 0.5) is 0 Å². The number of ketones is 2. The maximum absolute atomic E-state index is 12.9. The van der Waals surface area contributed by atoms with Gasteiger partial charge >= 0.3 is 0 Å². The number of aromatic nitrogens is 2. The SMILES string of the molecule is CC(C)(C)c1ccc2c(c1)c1cc(C(C)(C)C)ccc1n2CCCCCC(=O)CC(=O)CCCCCn1c2ccc(C(C)(C)C)cc2c2cc(C(C)(C)C)ccc21. The summed E-state index contributed by atoms with van der Waals surface area (Å²) in [6, 6.07) is 27.9. The smallest absolute Gasteiger partial charge is 0.140 e. The molecule has 0 spiro atoms. The van der Waals surface area contributed by atoms with Crippen molar-refractivity contribution >= 4 is 55.2 Å². The van der Waals surface area contributed by atoms with Crippen molar-refractivity contribution in [3.63, 3.8) is 0 Å². The molecular formula is C53H70N2O2. The van der Waals surface area contributed by atoms with Crippen molar-refractivity contribution in [3.05, 3.63) is 95.1 Å². The maximum atomic E-state index is 12.9.